The molecule has 1 atom stereocenters. The first-order valence-corrected chi connectivity index (χ1v) is 8.77. The highest BCUT2D eigenvalue weighted by molar-refractivity contribution is 7.99. The fraction of sp³-hybridized carbons (Fsp3) is 0.500. The number of aliphatic carboxylic acids is 1. The van der Waals surface area contributed by atoms with Gasteiger partial charge in [0.05, 0.1) is 6.42 Å². The van der Waals surface area contributed by atoms with E-state index in [0.29, 0.717) is 11.4 Å². The predicted octanol–water partition coefficient (Wildman–Crippen LogP) is 1.41. The molecule has 0 saturated heterocycles. The van der Waals surface area contributed by atoms with Gasteiger partial charge < -0.3 is 5.11 Å². The number of thioether (sulfide) groups is 1. The zero-order valence-electron chi connectivity index (χ0n) is 10.0. The summed E-state index contributed by atoms with van der Waals surface area (Å²) >= 11 is 2.56. The van der Waals surface area contributed by atoms with Crippen molar-refractivity contribution in [1.29, 1.82) is 0 Å². The first-order chi connectivity index (χ1) is 8.35. The molecule has 1 unspecified atom stereocenters. The molecular formula is C10H15NO4S3. The van der Waals surface area contributed by atoms with Crippen LogP contribution in [0.5, 0.6) is 0 Å². The molecule has 1 aromatic heterocycles. The minimum absolute atomic E-state index is 0.151. The third-order valence-electron chi connectivity index (χ3n) is 2.19. The second-order valence-corrected chi connectivity index (χ2v) is 8.13. The summed E-state index contributed by atoms with van der Waals surface area (Å²) in [5.74, 6) is -0.968. The molecule has 1 heterocycles. The average molecular weight is 309 g/mol. The van der Waals surface area contributed by atoms with Gasteiger partial charge in [-0.25, -0.2) is 13.1 Å². The Labute approximate surface area is 115 Å². The van der Waals surface area contributed by atoms with Gasteiger partial charge in [-0.1, -0.05) is 6.92 Å². The zero-order chi connectivity index (χ0) is 13.8. The highest BCUT2D eigenvalue weighted by atomic mass is 32.2. The van der Waals surface area contributed by atoms with Gasteiger partial charge in [0.25, 0.3) is 0 Å². The zero-order valence-corrected chi connectivity index (χ0v) is 12.5. The van der Waals surface area contributed by atoms with Crippen molar-refractivity contribution in [3.05, 3.63) is 17.0 Å². The fourth-order valence-corrected chi connectivity index (χ4v) is 4.01. The number of hydrogen-bond acceptors (Lipinski definition) is 5. The van der Waals surface area contributed by atoms with Gasteiger partial charge in [-0.2, -0.15) is 11.8 Å². The van der Waals surface area contributed by atoms with Gasteiger partial charge in [0.2, 0.25) is 10.0 Å². The normalized spacial score (nSPS) is 13.4. The maximum Gasteiger partial charge on any atom is 0.308 e. The lowest BCUT2D eigenvalue weighted by Crippen LogP contribution is -2.28. The predicted molar refractivity (Wildman–Crippen MR) is 73.8 cm³/mol. The molecule has 8 heteroatoms. The summed E-state index contributed by atoms with van der Waals surface area (Å²) in [6.07, 6.45) is 1.76. The van der Waals surface area contributed by atoms with Gasteiger partial charge in [0.15, 0.2) is 0 Å². The van der Waals surface area contributed by atoms with E-state index in [1.54, 1.807) is 11.8 Å². The Balaban J connectivity index is 2.73. The number of thiophene rings is 1. The summed E-state index contributed by atoms with van der Waals surface area (Å²) in [6, 6.07) is 2.97. The first-order valence-electron chi connectivity index (χ1n) is 5.18. The van der Waals surface area contributed by atoms with Crippen molar-refractivity contribution >= 4 is 39.1 Å². The van der Waals surface area contributed by atoms with Crippen LogP contribution < -0.4 is 4.72 Å². The summed E-state index contributed by atoms with van der Waals surface area (Å²) in [7, 11) is -3.52. The average Bonchev–Trinajstić information content (AvgIpc) is 2.74. The number of hydrogen-bond donors (Lipinski definition) is 2. The Hall–Kier alpha value is -0.570. The van der Waals surface area contributed by atoms with Gasteiger partial charge in [-0.05, 0) is 18.4 Å². The van der Waals surface area contributed by atoms with E-state index >= 15 is 0 Å². The van der Waals surface area contributed by atoms with Crippen molar-refractivity contribution < 1.29 is 18.3 Å². The molecule has 0 aliphatic carbocycles. The van der Waals surface area contributed by atoms with Crippen LogP contribution in [0.25, 0.3) is 0 Å². The van der Waals surface area contributed by atoms with Crippen LogP contribution in [0, 0.1) is 0 Å². The van der Waals surface area contributed by atoms with Crippen molar-refractivity contribution in [2.75, 3.05) is 12.8 Å². The highest BCUT2D eigenvalue weighted by Gasteiger charge is 2.18. The molecule has 0 aliphatic rings. The number of nitrogens with one attached hydrogen (secondary N) is 1. The van der Waals surface area contributed by atoms with Gasteiger partial charge >= 0.3 is 5.97 Å². The molecule has 0 aromatic carbocycles. The Morgan fingerprint density at radius 3 is 2.78 bits per heavy atom. The van der Waals surface area contributed by atoms with Crippen LogP contribution in [0.1, 0.15) is 11.8 Å². The third kappa shape index (κ3) is 4.60. The van der Waals surface area contributed by atoms with Gasteiger partial charge in [-0.3, -0.25) is 4.79 Å². The fourth-order valence-electron chi connectivity index (χ4n) is 1.13. The minimum Gasteiger partial charge on any atom is -0.481 e. The third-order valence-corrected chi connectivity index (χ3v) is 6.16. The molecule has 1 rings (SSSR count). The standard InChI is InChI=1S/C10H15NO4S3/c1-7(16-2)6-11-18(14,15)10-4-3-8(17-10)5-9(12)13/h3-4,7,11H,5-6H2,1-2H3,(H,12,13). The van der Waals surface area contributed by atoms with E-state index in [1.165, 1.54) is 12.1 Å². The largest absolute Gasteiger partial charge is 0.481 e. The molecule has 18 heavy (non-hydrogen) atoms. The van der Waals surface area contributed by atoms with E-state index < -0.39 is 16.0 Å². The lowest BCUT2D eigenvalue weighted by molar-refractivity contribution is -0.136. The quantitative estimate of drug-likeness (QED) is 0.795. The van der Waals surface area contributed by atoms with Gasteiger partial charge in [0, 0.05) is 16.7 Å². The SMILES string of the molecule is CSC(C)CNS(=O)(=O)c1ccc(CC(=O)O)s1. The number of sulfonamides is 1. The molecule has 0 amide bonds. The van der Waals surface area contributed by atoms with Crippen molar-refractivity contribution in [1.82, 2.24) is 4.72 Å². The summed E-state index contributed by atoms with van der Waals surface area (Å²) in [5, 5.41) is 8.82. The van der Waals surface area contributed by atoms with Crippen LogP contribution in [-0.4, -0.2) is 37.5 Å². The molecule has 0 radical (unpaired) electrons. The summed E-state index contributed by atoms with van der Waals surface area (Å²) in [6.45, 7) is 2.28. The first kappa shape index (κ1) is 15.5. The van der Waals surface area contributed by atoms with Crippen LogP contribution in [-0.2, 0) is 21.2 Å². The number of carbonyl (C=O) groups is 1. The van der Waals surface area contributed by atoms with Gasteiger partial charge in [0.1, 0.15) is 4.21 Å². The van der Waals surface area contributed by atoms with Crippen molar-refractivity contribution in [2.24, 2.45) is 0 Å². The summed E-state index contributed by atoms with van der Waals surface area (Å²) in [5.41, 5.74) is 0. The van der Waals surface area contributed by atoms with Crippen LogP contribution >= 0.6 is 23.1 Å². The van der Waals surface area contributed by atoms with E-state index in [-0.39, 0.29) is 15.9 Å². The molecule has 0 fully saturated rings. The van der Waals surface area contributed by atoms with Crippen LogP contribution in [0.15, 0.2) is 16.3 Å². The molecule has 2 N–H and O–H groups in total. The molecule has 1 aromatic rings. The topological polar surface area (TPSA) is 83.5 Å². The maximum absolute atomic E-state index is 11.9. The molecule has 0 bridgehead atoms. The number of carboxylic acids is 1. The van der Waals surface area contributed by atoms with Crippen LogP contribution in [0.2, 0.25) is 0 Å². The van der Waals surface area contributed by atoms with Crippen LogP contribution in [0.4, 0.5) is 0 Å². The Morgan fingerprint density at radius 1 is 1.56 bits per heavy atom. The van der Waals surface area contributed by atoms with Crippen LogP contribution in [0.3, 0.4) is 0 Å². The molecule has 102 valence electrons. The van der Waals surface area contributed by atoms with Gasteiger partial charge in [-0.15, -0.1) is 11.3 Å². The second-order valence-electron chi connectivity index (χ2n) is 3.69. The van der Waals surface area contributed by atoms with E-state index in [0.717, 1.165) is 11.3 Å². The lowest BCUT2D eigenvalue weighted by Gasteiger charge is -2.09. The molecule has 0 saturated carbocycles. The lowest BCUT2D eigenvalue weighted by atomic mass is 10.3. The van der Waals surface area contributed by atoms with E-state index in [2.05, 4.69) is 4.72 Å². The molecule has 5 nitrogen and oxygen atoms in total. The number of carboxylic acid groups (broad SMARTS) is 1. The molecule has 0 aliphatic heterocycles. The van der Waals surface area contributed by atoms with Crippen molar-refractivity contribution in [3.63, 3.8) is 0 Å². The summed E-state index contributed by atoms with van der Waals surface area (Å²) in [4.78, 5) is 11.0. The van der Waals surface area contributed by atoms with Crippen molar-refractivity contribution in [2.45, 2.75) is 22.8 Å². The Morgan fingerprint density at radius 2 is 2.22 bits per heavy atom. The maximum atomic E-state index is 11.9. The minimum atomic E-state index is -3.52. The molecular weight excluding hydrogens is 294 g/mol. The summed E-state index contributed by atoms with van der Waals surface area (Å²) < 4.78 is 26.5. The van der Waals surface area contributed by atoms with E-state index in [4.69, 9.17) is 5.11 Å². The Kier molecular flexibility index (Phi) is 5.64. The van der Waals surface area contributed by atoms with Crippen molar-refractivity contribution in [3.8, 4) is 0 Å². The second kappa shape index (κ2) is 6.55. The number of rotatable bonds is 7. The Bertz CT molecular complexity index is 509. The molecule has 0 spiro atoms. The van der Waals surface area contributed by atoms with E-state index in [9.17, 15) is 13.2 Å². The monoisotopic (exact) mass is 309 g/mol. The smallest absolute Gasteiger partial charge is 0.308 e. The highest BCUT2D eigenvalue weighted by Crippen LogP contribution is 2.22. The van der Waals surface area contributed by atoms with E-state index in [1.807, 2.05) is 13.2 Å².